The Bertz CT molecular complexity index is 657. The van der Waals surface area contributed by atoms with Gasteiger partial charge in [0.05, 0.1) is 19.8 Å². The van der Waals surface area contributed by atoms with Gasteiger partial charge in [-0.1, -0.05) is 35.5 Å². The number of aryl methyl sites for hydroxylation is 1. The fraction of sp³-hybridized carbons (Fsp3) is 0.444. The zero-order valence-electron chi connectivity index (χ0n) is 13.9. The number of carbonyl (C=O) groups excluding carboxylic acids is 1. The molecule has 6 heteroatoms. The number of nitrogens with one attached hydrogen (secondary N) is 1. The van der Waals surface area contributed by atoms with E-state index in [0.717, 1.165) is 31.0 Å². The second kappa shape index (κ2) is 7.97. The van der Waals surface area contributed by atoms with E-state index in [1.165, 1.54) is 5.56 Å². The normalized spacial score (nSPS) is 17.2. The first-order chi connectivity index (χ1) is 11.7. The number of aromatic nitrogens is 1. The predicted molar refractivity (Wildman–Crippen MR) is 89.3 cm³/mol. The van der Waals surface area contributed by atoms with Crippen LogP contribution in [0.5, 0.6) is 0 Å². The highest BCUT2D eigenvalue weighted by atomic mass is 16.5. The zero-order valence-corrected chi connectivity index (χ0v) is 13.9. The minimum atomic E-state index is -0.0544. The van der Waals surface area contributed by atoms with Crippen molar-refractivity contribution in [3.63, 3.8) is 0 Å². The van der Waals surface area contributed by atoms with E-state index in [0.29, 0.717) is 25.7 Å². The van der Waals surface area contributed by atoms with Gasteiger partial charge in [-0.05, 0) is 18.9 Å². The van der Waals surface area contributed by atoms with Crippen LogP contribution in [0, 0.1) is 12.8 Å². The third-order valence-corrected chi connectivity index (χ3v) is 4.14. The van der Waals surface area contributed by atoms with E-state index in [-0.39, 0.29) is 6.03 Å². The Morgan fingerprint density at radius 2 is 2.25 bits per heavy atom. The molecule has 0 spiro atoms. The van der Waals surface area contributed by atoms with E-state index >= 15 is 0 Å². The molecular formula is C18H23N3O3. The summed E-state index contributed by atoms with van der Waals surface area (Å²) in [6, 6.07) is 11.9. The third kappa shape index (κ3) is 4.58. The summed E-state index contributed by atoms with van der Waals surface area (Å²) in [6.07, 6.45) is 0.977. The van der Waals surface area contributed by atoms with Crippen LogP contribution in [0.4, 0.5) is 4.79 Å². The van der Waals surface area contributed by atoms with E-state index in [1.54, 1.807) is 0 Å². The van der Waals surface area contributed by atoms with E-state index in [9.17, 15) is 4.79 Å². The van der Waals surface area contributed by atoms with Crippen LogP contribution in [0.3, 0.4) is 0 Å². The summed E-state index contributed by atoms with van der Waals surface area (Å²) in [5, 5.41) is 6.75. The molecule has 6 nitrogen and oxygen atoms in total. The fourth-order valence-corrected chi connectivity index (χ4v) is 2.85. The molecule has 0 aliphatic carbocycles. The van der Waals surface area contributed by atoms with Crippen LogP contribution in [0.25, 0.3) is 0 Å². The molecule has 2 aromatic rings. The maximum atomic E-state index is 12.2. The van der Waals surface area contributed by atoms with E-state index in [4.69, 9.17) is 9.26 Å². The quantitative estimate of drug-likeness (QED) is 0.885. The summed E-state index contributed by atoms with van der Waals surface area (Å²) >= 11 is 0. The topological polar surface area (TPSA) is 67.6 Å². The van der Waals surface area contributed by atoms with Crippen LogP contribution < -0.4 is 5.32 Å². The van der Waals surface area contributed by atoms with Gasteiger partial charge in [-0.15, -0.1) is 0 Å². The molecule has 1 saturated heterocycles. The van der Waals surface area contributed by atoms with Crippen molar-refractivity contribution in [3.8, 4) is 0 Å². The lowest BCUT2D eigenvalue weighted by atomic mass is 10.1. The van der Waals surface area contributed by atoms with Crippen molar-refractivity contribution >= 4 is 6.03 Å². The minimum absolute atomic E-state index is 0.0544. The van der Waals surface area contributed by atoms with Gasteiger partial charge in [-0.3, -0.25) is 0 Å². The maximum absolute atomic E-state index is 12.2. The van der Waals surface area contributed by atoms with Gasteiger partial charge in [0, 0.05) is 25.1 Å². The molecule has 128 valence electrons. The van der Waals surface area contributed by atoms with Gasteiger partial charge in [-0.25, -0.2) is 4.79 Å². The van der Waals surface area contributed by atoms with Crippen LogP contribution in [0.1, 0.15) is 23.4 Å². The molecule has 1 aromatic heterocycles. The Balaban J connectivity index is 1.36. The average molecular weight is 329 g/mol. The fourth-order valence-electron chi connectivity index (χ4n) is 2.85. The molecule has 24 heavy (non-hydrogen) atoms. The summed E-state index contributed by atoms with van der Waals surface area (Å²) in [6.45, 7) is 5.03. The molecule has 1 aliphatic heterocycles. The van der Waals surface area contributed by atoms with Gasteiger partial charge in [0.15, 0.2) is 0 Å². The van der Waals surface area contributed by atoms with Crippen LogP contribution in [0.15, 0.2) is 40.9 Å². The number of rotatable bonds is 6. The van der Waals surface area contributed by atoms with Gasteiger partial charge in [0.2, 0.25) is 0 Å². The van der Waals surface area contributed by atoms with Crippen molar-refractivity contribution in [2.45, 2.75) is 26.5 Å². The first-order valence-corrected chi connectivity index (χ1v) is 8.27. The summed E-state index contributed by atoms with van der Waals surface area (Å²) < 4.78 is 10.8. The van der Waals surface area contributed by atoms with Gasteiger partial charge in [0.25, 0.3) is 0 Å². The third-order valence-electron chi connectivity index (χ3n) is 4.14. The van der Waals surface area contributed by atoms with Crippen LogP contribution in [-0.2, 0) is 17.9 Å². The van der Waals surface area contributed by atoms with Crippen LogP contribution >= 0.6 is 0 Å². The Morgan fingerprint density at radius 3 is 3.00 bits per heavy atom. The van der Waals surface area contributed by atoms with Crippen molar-refractivity contribution in [3.05, 3.63) is 53.4 Å². The summed E-state index contributed by atoms with van der Waals surface area (Å²) in [5.41, 5.74) is 1.91. The van der Waals surface area contributed by atoms with E-state index in [2.05, 4.69) is 22.6 Å². The molecule has 1 aromatic carbocycles. The molecule has 1 atom stereocenters. The molecule has 0 saturated carbocycles. The van der Waals surface area contributed by atoms with E-state index in [1.807, 2.05) is 36.1 Å². The number of benzene rings is 1. The zero-order chi connectivity index (χ0) is 16.8. The Morgan fingerprint density at radius 1 is 1.42 bits per heavy atom. The van der Waals surface area contributed by atoms with Crippen molar-refractivity contribution in [1.29, 1.82) is 0 Å². The Hall–Kier alpha value is -2.34. The average Bonchev–Trinajstić information content (AvgIpc) is 3.23. The van der Waals surface area contributed by atoms with Crippen molar-refractivity contribution in [2.24, 2.45) is 5.92 Å². The number of likely N-dealkylation sites (tertiary alicyclic amines) is 1. The number of ether oxygens (including phenoxy) is 1. The van der Waals surface area contributed by atoms with Gasteiger partial charge in [0.1, 0.15) is 11.5 Å². The molecule has 2 heterocycles. The summed E-state index contributed by atoms with van der Waals surface area (Å²) in [4.78, 5) is 14.0. The molecule has 1 unspecified atom stereocenters. The number of urea groups is 1. The van der Waals surface area contributed by atoms with Gasteiger partial charge < -0.3 is 19.5 Å². The molecule has 2 amide bonds. The lowest BCUT2D eigenvalue weighted by Gasteiger charge is -2.17. The highest BCUT2D eigenvalue weighted by Crippen LogP contribution is 2.17. The number of hydrogen-bond acceptors (Lipinski definition) is 4. The lowest BCUT2D eigenvalue weighted by molar-refractivity contribution is 0.0897. The monoisotopic (exact) mass is 329 g/mol. The summed E-state index contributed by atoms with van der Waals surface area (Å²) in [5.74, 6) is 1.14. The Labute approximate surface area is 141 Å². The molecule has 3 rings (SSSR count). The van der Waals surface area contributed by atoms with Crippen LogP contribution in [-0.4, -0.2) is 35.8 Å². The highest BCUT2D eigenvalue weighted by Gasteiger charge is 2.26. The molecular weight excluding hydrogens is 306 g/mol. The second-order valence-electron chi connectivity index (χ2n) is 6.19. The number of carbonyl (C=O) groups is 1. The predicted octanol–water partition coefficient (Wildman–Crippen LogP) is 2.73. The molecule has 1 fully saturated rings. The highest BCUT2D eigenvalue weighted by molar-refractivity contribution is 5.74. The van der Waals surface area contributed by atoms with Crippen molar-refractivity contribution < 1.29 is 14.1 Å². The smallest absolute Gasteiger partial charge is 0.317 e. The molecule has 1 aliphatic rings. The molecule has 0 radical (unpaired) electrons. The second-order valence-corrected chi connectivity index (χ2v) is 6.19. The molecule has 0 bridgehead atoms. The first kappa shape index (κ1) is 16.5. The Kier molecular flexibility index (Phi) is 5.48. The standard InChI is InChI=1S/C18H23N3O3/c1-14-9-17(20-24-14)10-19-18(22)21-8-7-16(11-21)13-23-12-15-5-3-2-4-6-15/h2-6,9,16H,7-8,10-13H2,1H3,(H,19,22). The van der Waals surface area contributed by atoms with Crippen molar-refractivity contribution in [1.82, 2.24) is 15.4 Å². The first-order valence-electron chi connectivity index (χ1n) is 8.27. The molecule has 1 N–H and O–H groups in total. The number of hydrogen-bond donors (Lipinski definition) is 1. The lowest BCUT2D eigenvalue weighted by Crippen LogP contribution is -2.38. The van der Waals surface area contributed by atoms with E-state index < -0.39 is 0 Å². The van der Waals surface area contributed by atoms with Gasteiger partial charge in [-0.2, -0.15) is 0 Å². The largest absolute Gasteiger partial charge is 0.376 e. The van der Waals surface area contributed by atoms with Crippen LogP contribution in [0.2, 0.25) is 0 Å². The number of nitrogens with zero attached hydrogens (tertiary/aromatic N) is 2. The minimum Gasteiger partial charge on any atom is -0.376 e. The SMILES string of the molecule is Cc1cc(CNC(=O)N2CCC(COCc3ccccc3)C2)no1. The van der Waals surface area contributed by atoms with Gasteiger partial charge >= 0.3 is 6.03 Å². The van der Waals surface area contributed by atoms with Crippen molar-refractivity contribution in [2.75, 3.05) is 19.7 Å². The number of amides is 2. The maximum Gasteiger partial charge on any atom is 0.317 e. The summed E-state index contributed by atoms with van der Waals surface area (Å²) in [7, 11) is 0.